The lowest BCUT2D eigenvalue weighted by Crippen LogP contribution is -2.38. The Morgan fingerprint density at radius 2 is 1.68 bits per heavy atom. The van der Waals surface area contributed by atoms with Crippen molar-refractivity contribution in [2.24, 2.45) is 0 Å². The molecule has 0 saturated carbocycles. The fourth-order valence-electron chi connectivity index (χ4n) is 3.12. The summed E-state index contributed by atoms with van der Waals surface area (Å²) in [4.78, 5) is 12.0. The molecule has 0 aromatic heterocycles. The van der Waals surface area contributed by atoms with Crippen LogP contribution in [0.1, 0.15) is 36.0 Å². The summed E-state index contributed by atoms with van der Waals surface area (Å²) in [7, 11) is -3.77. The number of aryl methyl sites for hydroxylation is 3. The Morgan fingerprint density at radius 3 is 2.26 bits per heavy atom. The predicted molar refractivity (Wildman–Crippen MR) is 113 cm³/mol. The van der Waals surface area contributed by atoms with Crippen molar-refractivity contribution >= 4 is 21.6 Å². The minimum Gasteiger partial charge on any atom is -0.374 e. The maximum absolute atomic E-state index is 13.8. The summed E-state index contributed by atoms with van der Waals surface area (Å²) in [5.74, 6) is -1.45. The number of hydrogen-bond donors (Lipinski definition) is 4. The molecule has 7 nitrogen and oxygen atoms in total. The molecule has 2 rings (SSSR count). The topological polar surface area (TPSA) is 108 Å². The molecule has 0 aliphatic heterocycles. The third-order valence-corrected chi connectivity index (χ3v) is 6.31. The first-order valence-electron chi connectivity index (χ1n) is 9.78. The summed E-state index contributed by atoms with van der Waals surface area (Å²) in [6, 6.07) is 5.91. The molecular weight excluding hydrogens is 428 g/mol. The van der Waals surface area contributed by atoms with Gasteiger partial charge in [-0.15, -0.1) is 0 Å². The van der Waals surface area contributed by atoms with Crippen LogP contribution in [0.25, 0.3) is 0 Å². The molecule has 0 heterocycles. The zero-order chi connectivity index (χ0) is 23.2. The summed E-state index contributed by atoms with van der Waals surface area (Å²) >= 11 is 0. The van der Waals surface area contributed by atoms with E-state index in [1.807, 2.05) is 0 Å². The minimum absolute atomic E-state index is 0.0207. The van der Waals surface area contributed by atoms with Gasteiger partial charge in [0.25, 0.3) is 5.91 Å². The zero-order valence-electron chi connectivity index (χ0n) is 17.6. The molecular formula is C21H27F2N3O4S. The number of halogens is 2. The van der Waals surface area contributed by atoms with Gasteiger partial charge in [0.2, 0.25) is 10.0 Å². The van der Waals surface area contributed by atoms with Gasteiger partial charge in [0.1, 0.15) is 17.7 Å². The van der Waals surface area contributed by atoms with E-state index in [1.165, 1.54) is 19.1 Å². The molecule has 0 aliphatic carbocycles. The van der Waals surface area contributed by atoms with Crippen molar-refractivity contribution in [3.63, 3.8) is 0 Å². The first-order chi connectivity index (χ1) is 14.5. The molecule has 2 aromatic carbocycles. The Kier molecular flexibility index (Phi) is 8.49. The first-order valence-corrected chi connectivity index (χ1v) is 11.3. The van der Waals surface area contributed by atoms with E-state index < -0.39 is 27.8 Å². The van der Waals surface area contributed by atoms with Gasteiger partial charge in [-0.25, -0.2) is 27.4 Å². The molecule has 0 fully saturated rings. The lowest BCUT2D eigenvalue weighted by Gasteiger charge is -2.19. The van der Waals surface area contributed by atoms with Crippen LogP contribution in [0.4, 0.5) is 14.5 Å². The van der Waals surface area contributed by atoms with Crippen molar-refractivity contribution < 1.29 is 27.2 Å². The molecule has 1 atom stereocenters. The highest BCUT2D eigenvalue weighted by atomic mass is 32.2. The quantitative estimate of drug-likeness (QED) is 0.250. The highest BCUT2D eigenvalue weighted by molar-refractivity contribution is 7.89. The third kappa shape index (κ3) is 6.71. The summed E-state index contributed by atoms with van der Waals surface area (Å²) < 4.78 is 54.2. The van der Waals surface area contributed by atoms with E-state index in [0.717, 1.165) is 6.07 Å². The van der Waals surface area contributed by atoms with Crippen molar-refractivity contribution in [2.45, 2.75) is 51.0 Å². The zero-order valence-corrected chi connectivity index (χ0v) is 18.4. The van der Waals surface area contributed by atoms with Gasteiger partial charge in [-0.05, 0) is 87.1 Å². The summed E-state index contributed by atoms with van der Waals surface area (Å²) in [5.41, 5.74) is 3.23. The van der Waals surface area contributed by atoms with Crippen molar-refractivity contribution in [1.29, 1.82) is 0 Å². The molecule has 0 unspecified atom stereocenters. The maximum atomic E-state index is 13.8. The van der Waals surface area contributed by atoms with Gasteiger partial charge in [0.15, 0.2) is 0 Å². The molecule has 0 bridgehead atoms. The monoisotopic (exact) mass is 455 g/mol. The average molecular weight is 456 g/mol. The van der Waals surface area contributed by atoms with Gasteiger partial charge in [-0.3, -0.25) is 10.0 Å². The van der Waals surface area contributed by atoms with Crippen molar-refractivity contribution in [3.05, 3.63) is 58.7 Å². The van der Waals surface area contributed by atoms with Crippen molar-refractivity contribution in [2.75, 3.05) is 11.9 Å². The Morgan fingerprint density at radius 1 is 1.03 bits per heavy atom. The van der Waals surface area contributed by atoms with E-state index in [9.17, 15) is 22.0 Å². The van der Waals surface area contributed by atoms with Crippen LogP contribution >= 0.6 is 0 Å². The fraction of sp³-hybridized carbons (Fsp3) is 0.381. The van der Waals surface area contributed by atoms with Crippen molar-refractivity contribution in [1.82, 2.24) is 10.2 Å². The van der Waals surface area contributed by atoms with Crippen LogP contribution in [0.2, 0.25) is 0 Å². The van der Waals surface area contributed by atoms with Crippen LogP contribution in [0.5, 0.6) is 0 Å². The summed E-state index contributed by atoms with van der Waals surface area (Å²) in [5, 5.41) is 12.0. The van der Waals surface area contributed by atoms with Gasteiger partial charge in [-0.1, -0.05) is 0 Å². The standard InChI is InChI=1S/C21H27F2N3O4S/c1-13-12-17(7-8-18(13)22)31(29,30)24-9-5-4-6-19(21(27)26-28)25-16-10-14(2)20(23)15(3)11-16/h7-8,10-12,19,24-25,28H,4-6,9H2,1-3H3,(H,26,27)/t19-/m1/s1. The van der Waals surface area contributed by atoms with E-state index in [4.69, 9.17) is 5.21 Å². The number of benzene rings is 2. The van der Waals surface area contributed by atoms with E-state index in [-0.39, 0.29) is 22.8 Å². The van der Waals surface area contributed by atoms with Gasteiger partial charge in [0.05, 0.1) is 4.90 Å². The molecule has 170 valence electrons. The summed E-state index contributed by atoms with van der Waals surface area (Å²) in [6.45, 7) is 4.84. The Balaban J connectivity index is 1.91. The molecule has 2 aromatic rings. The maximum Gasteiger partial charge on any atom is 0.265 e. The third-order valence-electron chi connectivity index (χ3n) is 4.86. The van der Waals surface area contributed by atoms with Crippen LogP contribution in [-0.4, -0.2) is 32.1 Å². The second-order valence-electron chi connectivity index (χ2n) is 7.40. The number of hydrogen-bond acceptors (Lipinski definition) is 5. The van der Waals surface area contributed by atoms with Crippen LogP contribution in [0.15, 0.2) is 35.2 Å². The number of nitrogens with one attached hydrogen (secondary N) is 3. The number of hydroxylamine groups is 1. The van der Waals surface area contributed by atoms with Crippen LogP contribution in [0, 0.1) is 32.4 Å². The molecule has 0 aliphatic rings. The molecule has 0 saturated heterocycles. The van der Waals surface area contributed by atoms with Crippen molar-refractivity contribution in [3.8, 4) is 0 Å². The highest BCUT2D eigenvalue weighted by Gasteiger charge is 2.19. The van der Waals surface area contributed by atoms with E-state index >= 15 is 0 Å². The molecule has 31 heavy (non-hydrogen) atoms. The van der Waals surface area contributed by atoms with Gasteiger partial charge < -0.3 is 5.32 Å². The van der Waals surface area contributed by atoms with Crippen LogP contribution < -0.4 is 15.5 Å². The smallest absolute Gasteiger partial charge is 0.265 e. The summed E-state index contributed by atoms with van der Waals surface area (Å²) in [6.07, 6.45) is 1.20. The molecule has 0 spiro atoms. The number of unbranched alkanes of at least 4 members (excludes halogenated alkanes) is 1. The number of anilines is 1. The normalized spacial score (nSPS) is 12.5. The first kappa shape index (κ1) is 24.7. The number of rotatable bonds is 10. The highest BCUT2D eigenvalue weighted by Crippen LogP contribution is 2.20. The van der Waals surface area contributed by atoms with E-state index in [2.05, 4.69) is 10.0 Å². The van der Waals surface area contributed by atoms with Gasteiger partial charge in [-0.2, -0.15) is 0 Å². The van der Waals surface area contributed by atoms with Crippen LogP contribution in [0.3, 0.4) is 0 Å². The second-order valence-corrected chi connectivity index (χ2v) is 9.17. The largest absolute Gasteiger partial charge is 0.374 e. The van der Waals surface area contributed by atoms with E-state index in [0.29, 0.717) is 36.1 Å². The van der Waals surface area contributed by atoms with Crippen LogP contribution in [-0.2, 0) is 14.8 Å². The second kappa shape index (κ2) is 10.7. The van der Waals surface area contributed by atoms with E-state index in [1.54, 1.807) is 31.5 Å². The average Bonchev–Trinajstić information content (AvgIpc) is 2.72. The Labute approximate surface area is 180 Å². The number of sulfonamides is 1. The molecule has 0 radical (unpaired) electrons. The number of amides is 1. The number of carbonyl (C=O) groups is 1. The Hall–Kier alpha value is -2.56. The van der Waals surface area contributed by atoms with Gasteiger partial charge >= 0.3 is 0 Å². The molecule has 4 N–H and O–H groups in total. The lowest BCUT2D eigenvalue weighted by molar-refractivity contribution is -0.130. The molecule has 1 amide bonds. The fourth-order valence-corrected chi connectivity index (χ4v) is 4.28. The Bertz CT molecular complexity index is 1020. The number of carbonyl (C=O) groups excluding carboxylic acids is 1. The predicted octanol–water partition coefficient (Wildman–Crippen LogP) is 3.32. The molecule has 10 heteroatoms. The lowest BCUT2D eigenvalue weighted by atomic mass is 10.1. The SMILES string of the molecule is Cc1cc(S(=O)(=O)NCCCC[C@@H](Nc2cc(C)c(F)c(C)c2)C(=O)NO)ccc1F. The van der Waals surface area contributed by atoms with Gasteiger partial charge in [0, 0.05) is 12.2 Å². The minimum atomic E-state index is -3.77.